The number of rotatable bonds is 6. The molecule has 2 aliphatic rings. The van der Waals surface area contributed by atoms with Crippen molar-refractivity contribution in [3.63, 3.8) is 0 Å². The van der Waals surface area contributed by atoms with Gasteiger partial charge in [-0.05, 0) is 42.7 Å². The number of fused-ring (bicyclic) bond motifs is 1. The molecule has 2 N–H and O–H groups in total. The molecule has 3 heterocycles. The van der Waals surface area contributed by atoms with Crippen LogP contribution in [0.3, 0.4) is 0 Å². The molecule has 3 aromatic rings. The summed E-state index contributed by atoms with van der Waals surface area (Å²) in [5.41, 5.74) is 1.52. The normalized spacial score (nSPS) is 16.4. The van der Waals surface area contributed by atoms with Gasteiger partial charge in [0.05, 0.1) is 13.2 Å². The molecule has 0 spiro atoms. The SMILES string of the molecule is COc1cccc(CNC(=O)N2CCC[C@@H]2c2nnc(C(=O)Nc3ccc4c(c3)OCO4)s2)c1. The zero-order valence-electron chi connectivity index (χ0n) is 18.4. The second kappa shape index (κ2) is 9.56. The molecule has 10 nitrogen and oxygen atoms in total. The van der Waals surface area contributed by atoms with Gasteiger partial charge < -0.3 is 29.7 Å². The molecule has 0 radical (unpaired) electrons. The van der Waals surface area contributed by atoms with Crippen molar-refractivity contribution >= 4 is 29.0 Å². The number of likely N-dealkylation sites (tertiary alicyclic amines) is 1. The first-order chi connectivity index (χ1) is 16.6. The Bertz CT molecular complexity index is 1220. The molecular weight excluding hydrogens is 458 g/mol. The monoisotopic (exact) mass is 481 g/mol. The fourth-order valence-electron chi connectivity index (χ4n) is 3.95. The molecule has 3 amide bonds. The third-order valence-electron chi connectivity index (χ3n) is 5.64. The average molecular weight is 482 g/mol. The molecule has 1 atom stereocenters. The van der Waals surface area contributed by atoms with Crippen LogP contribution in [0.15, 0.2) is 42.5 Å². The lowest BCUT2D eigenvalue weighted by Gasteiger charge is -2.23. The lowest BCUT2D eigenvalue weighted by atomic mass is 10.2. The maximum Gasteiger partial charge on any atom is 0.318 e. The topological polar surface area (TPSA) is 115 Å². The maximum absolute atomic E-state index is 12.9. The molecule has 2 aromatic carbocycles. The van der Waals surface area contributed by atoms with Crippen LogP contribution in [0.4, 0.5) is 10.5 Å². The van der Waals surface area contributed by atoms with Crippen molar-refractivity contribution in [2.75, 3.05) is 25.8 Å². The molecule has 5 rings (SSSR count). The highest BCUT2D eigenvalue weighted by molar-refractivity contribution is 7.13. The van der Waals surface area contributed by atoms with Gasteiger partial charge in [0.25, 0.3) is 5.91 Å². The lowest BCUT2D eigenvalue weighted by molar-refractivity contribution is 0.102. The van der Waals surface area contributed by atoms with Crippen LogP contribution in [0.5, 0.6) is 17.2 Å². The number of nitrogens with zero attached hydrogens (tertiary/aromatic N) is 3. The van der Waals surface area contributed by atoms with E-state index in [1.54, 1.807) is 30.2 Å². The molecule has 0 bridgehead atoms. The number of methoxy groups -OCH3 is 1. The number of ether oxygens (including phenoxy) is 3. The van der Waals surface area contributed by atoms with Gasteiger partial charge in [0.1, 0.15) is 10.8 Å². The highest BCUT2D eigenvalue weighted by Gasteiger charge is 2.33. The molecule has 1 fully saturated rings. The minimum absolute atomic E-state index is 0.164. The van der Waals surface area contributed by atoms with Crippen LogP contribution < -0.4 is 24.8 Å². The Kier molecular flexibility index (Phi) is 6.17. The summed E-state index contributed by atoms with van der Waals surface area (Å²) in [4.78, 5) is 27.3. The van der Waals surface area contributed by atoms with E-state index in [2.05, 4.69) is 20.8 Å². The molecule has 34 heavy (non-hydrogen) atoms. The highest BCUT2D eigenvalue weighted by Crippen LogP contribution is 2.35. The fourth-order valence-corrected chi connectivity index (χ4v) is 4.83. The number of amides is 3. The number of hydrogen-bond donors (Lipinski definition) is 2. The summed E-state index contributed by atoms with van der Waals surface area (Å²) >= 11 is 1.20. The maximum atomic E-state index is 12.9. The Morgan fingerprint density at radius 1 is 1.18 bits per heavy atom. The minimum atomic E-state index is -0.366. The zero-order valence-corrected chi connectivity index (χ0v) is 19.3. The Morgan fingerprint density at radius 2 is 2.06 bits per heavy atom. The van der Waals surface area contributed by atoms with Gasteiger partial charge in [-0.1, -0.05) is 23.5 Å². The second-order valence-corrected chi connectivity index (χ2v) is 8.84. The van der Waals surface area contributed by atoms with E-state index in [0.29, 0.717) is 35.3 Å². The molecule has 11 heteroatoms. The van der Waals surface area contributed by atoms with Crippen molar-refractivity contribution in [3.05, 3.63) is 58.0 Å². The van der Waals surface area contributed by atoms with E-state index in [-0.39, 0.29) is 29.8 Å². The third-order valence-corrected chi connectivity index (χ3v) is 6.67. The lowest BCUT2D eigenvalue weighted by Crippen LogP contribution is -2.39. The van der Waals surface area contributed by atoms with Gasteiger partial charge in [0.2, 0.25) is 11.8 Å². The first-order valence-corrected chi connectivity index (χ1v) is 11.6. The summed E-state index contributed by atoms with van der Waals surface area (Å²) < 4.78 is 15.9. The quantitative estimate of drug-likeness (QED) is 0.553. The van der Waals surface area contributed by atoms with Crippen molar-refractivity contribution in [1.29, 1.82) is 0 Å². The van der Waals surface area contributed by atoms with Gasteiger partial charge in [-0.3, -0.25) is 4.79 Å². The largest absolute Gasteiger partial charge is 0.497 e. The highest BCUT2D eigenvalue weighted by atomic mass is 32.1. The first kappa shape index (κ1) is 22.0. The van der Waals surface area contributed by atoms with E-state index < -0.39 is 0 Å². The molecule has 2 aliphatic heterocycles. The minimum Gasteiger partial charge on any atom is -0.497 e. The summed E-state index contributed by atoms with van der Waals surface area (Å²) in [6.07, 6.45) is 1.63. The van der Waals surface area contributed by atoms with Crippen LogP contribution in [0, 0.1) is 0 Å². The molecular formula is C23H23N5O5S. The van der Waals surface area contributed by atoms with Gasteiger partial charge in [-0.25, -0.2) is 4.79 Å². The van der Waals surface area contributed by atoms with Crippen LogP contribution in [0.25, 0.3) is 0 Å². The van der Waals surface area contributed by atoms with Crippen LogP contribution in [0.1, 0.15) is 39.3 Å². The number of carbonyl (C=O) groups is 2. The summed E-state index contributed by atoms with van der Waals surface area (Å²) in [7, 11) is 1.61. The van der Waals surface area contributed by atoms with Crippen LogP contribution in [-0.2, 0) is 6.54 Å². The number of nitrogens with one attached hydrogen (secondary N) is 2. The van der Waals surface area contributed by atoms with Crippen LogP contribution >= 0.6 is 11.3 Å². The Morgan fingerprint density at radius 3 is 2.94 bits per heavy atom. The molecule has 0 aliphatic carbocycles. The van der Waals surface area contributed by atoms with Crippen LogP contribution in [0.2, 0.25) is 0 Å². The van der Waals surface area contributed by atoms with Crippen LogP contribution in [-0.4, -0.2) is 47.5 Å². The Balaban J connectivity index is 1.21. The van der Waals surface area contributed by atoms with E-state index >= 15 is 0 Å². The molecule has 0 saturated carbocycles. The number of carbonyl (C=O) groups excluding carboxylic acids is 2. The average Bonchev–Trinajstić information content (AvgIpc) is 3.62. The smallest absolute Gasteiger partial charge is 0.318 e. The fraction of sp³-hybridized carbons (Fsp3) is 0.304. The van der Waals surface area contributed by atoms with E-state index in [1.807, 2.05) is 24.3 Å². The van der Waals surface area contributed by atoms with Crippen molar-refractivity contribution < 1.29 is 23.8 Å². The van der Waals surface area contributed by atoms with Gasteiger partial charge in [0, 0.05) is 24.8 Å². The number of anilines is 1. The predicted molar refractivity (Wildman–Crippen MR) is 124 cm³/mol. The summed E-state index contributed by atoms with van der Waals surface area (Å²) in [5.74, 6) is 1.60. The molecule has 176 valence electrons. The standard InChI is InChI=1S/C23H23N5O5S/c1-31-16-5-2-4-14(10-16)12-24-23(30)28-9-3-6-17(28)21-26-27-22(34-21)20(29)25-15-7-8-18-19(11-15)33-13-32-18/h2,4-5,7-8,10-11,17H,3,6,9,12-13H2,1H3,(H,24,30)(H,25,29)/t17-/m1/s1. The number of benzene rings is 2. The van der Waals surface area contributed by atoms with Gasteiger partial charge >= 0.3 is 6.03 Å². The van der Waals surface area contributed by atoms with Crippen molar-refractivity contribution in [2.24, 2.45) is 0 Å². The summed E-state index contributed by atoms with van der Waals surface area (Å²) in [6.45, 7) is 1.17. The number of aromatic nitrogens is 2. The van der Waals surface area contributed by atoms with Crippen molar-refractivity contribution in [3.8, 4) is 17.2 Å². The number of hydrogen-bond acceptors (Lipinski definition) is 8. The second-order valence-electron chi connectivity index (χ2n) is 7.83. The number of urea groups is 1. The Hall–Kier alpha value is -3.86. The summed E-state index contributed by atoms with van der Waals surface area (Å²) in [5, 5.41) is 14.9. The molecule has 1 aromatic heterocycles. The third kappa shape index (κ3) is 4.60. The summed E-state index contributed by atoms with van der Waals surface area (Å²) in [6, 6.07) is 12.4. The van der Waals surface area contributed by atoms with Crippen molar-refractivity contribution in [2.45, 2.75) is 25.4 Å². The first-order valence-electron chi connectivity index (χ1n) is 10.8. The van der Waals surface area contributed by atoms with E-state index in [9.17, 15) is 9.59 Å². The van der Waals surface area contributed by atoms with Crippen molar-refractivity contribution in [1.82, 2.24) is 20.4 Å². The molecule has 0 unspecified atom stereocenters. The van der Waals surface area contributed by atoms with Gasteiger partial charge in [-0.15, -0.1) is 10.2 Å². The van der Waals surface area contributed by atoms with Gasteiger partial charge in [0.15, 0.2) is 11.5 Å². The van der Waals surface area contributed by atoms with Gasteiger partial charge in [-0.2, -0.15) is 0 Å². The Labute approximate surface area is 199 Å². The van der Waals surface area contributed by atoms with E-state index in [0.717, 1.165) is 24.2 Å². The predicted octanol–water partition coefficient (Wildman–Crippen LogP) is 3.57. The molecule has 1 saturated heterocycles. The van der Waals surface area contributed by atoms with E-state index in [1.165, 1.54) is 11.3 Å². The zero-order chi connectivity index (χ0) is 23.5. The van der Waals surface area contributed by atoms with E-state index in [4.69, 9.17) is 14.2 Å².